The molecule has 1 heterocycles. The van der Waals surface area contributed by atoms with E-state index in [4.69, 9.17) is 5.26 Å². The normalized spacial score (nSPS) is 18.7. The fourth-order valence-electron chi connectivity index (χ4n) is 2.31. The monoisotopic (exact) mass is 284 g/mol. The van der Waals surface area contributed by atoms with Crippen LogP contribution in [0.1, 0.15) is 30.9 Å². The highest BCUT2D eigenvalue weighted by molar-refractivity contribution is 5.61. The predicted octanol–water partition coefficient (Wildman–Crippen LogP) is 2.93. The Hall–Kier alpha value is -1.74. The van der Waals surface area contributed by atoms with Crippen molar-refractivity contribution in [3.63, 3.8) is 0 Å². The number of benzene rings is 1. The van der Waals surface area contributed by atoms with Gasteiger partial charge in [-0.2, -0.15) is 18.4 Å². The van der Waals surface area contributed by atoms with Gasteiger partial charge < -0.3 is 10.0 Å². The number of halogens is 3. The number of nitrogens with zero attached hydrogens (tertiary/aromatic N) is 2. The summed E-state index contributed by atoms with van der Waals surface area (Å²) in [4.78, 5) is 1.84. The molecule has 0 aromatic heterocycles. The van der Waals surface area contributed by atoms with Crippen molar-refractivity contribution in [2.24, 2.45) is 0 Å². The van der Waals surface area contributed by atoms with Crippen LogP contribution in [0.2, 0.25) is 0 Å². The molecule has 1 aromatic rings. The summed E-state index contributed by atoms with van der Waals surface area (Å²) in [6, 6.07) is 5.02. The lowest BCUT2D eigenvalue weighted by Crippen LogP contribution is -2.42. The molecule has 0 saturated carbocycles. The second-order valence-corrected chi connectivity index (χ2v) is 5.33. The average molecular weight is 284 g/mol. The van der Waals surface area contributed by atoms with Gasteiger partial charge in [0.25, 0.3) is 0 Å². The van der Waals surface area contributed by atoms with E-state index in [0.717, 1.165) is 12.1 Å². The summed E-state index contributed by atoms with van der Waals surface area (Å²) in [5.74, 6) is 0. The Morgan fingerprint density at radius 2 is 1.90 bits per heavy atom. The van der Waals surface area contributed by atoms with E-state index in [2.05, 4.69) is 0 Å². The average Bonchev–Trinajstić information content (AvgIpc) is 2.37. The third-order valence-corrected chi connectivity index (χ3v) is 3.63. The summed E-state index contributed by atoms with van der Waals surface area (Å²) < 4.78 is 37.9. The molecule has 2 rings (SSSR count). The van der Waals surface area contributed by atoms with Crippen LogP contribution in [0.25, 0.3) is 0 Å². The Balaban J connectivity index is 2.28. The molecule has 0 amide bonds. The summed E-state index contributed by atoms with van der Waals surface area (Å²) in [6.45, 7) is 2.78. The van der Waals surface area contributed by atoms with Crippen LogP contribution < -0.4 is 4.90 Å². The summed E-state index contributed by atoms with van der Waals surface area (Å²) in [6.07, 6.45) is -3.40. The van der Waals surface area contributed by atoms with E-state index in [0.29, 0.717) is 31.6 Å². The molecule has 1 aliphatic heterocycles. The zero-order valence-electron chi connectivity index (χ0n) is 11.0. The zero-order chi connectivity index (χ0) is 15.0. The highest BCUT2D eigenvalue weighted by Crippen LogP contribution is 2.34. The standard InChI is InChI=1S/C14H15F3N2O/c1-13(20)4-6-19(7-5-13)12-3-2-11(14(15,16)17)8-10(12)9-18/h2-3,8,20H,4-7H2,1H3. The van der Waals surface area contributed by atoms with Crippen molar-refractivity contribution in [2.75, 3.05) is 18.0 Å². The molecule has 1 aliphatic rings. The van der Waals surface area contributed by atoms with E-state index in [1.807, 2.05) is 11.0 Å². The van der Waals surface area contributed by atoms with Crippen molar-refractivity contribution in [1.82, 2.24) is 0 Å². The summed E-state index contributed by atoms with van der Waals surface area (Å²) in [5.41, 5.74) is -1.05. The number of piperidine rings is 1. The number of hydrogen-bond acceptors (Lipinski definition) is 3. The first kappa shape index (κ1) is 14.7. The van der Waals surface area contributed by atoms with Crippen LogP contribution in [0, 0.1) is 11.3 Å². The Morgan fingerprint density at radius 3 is 2.40 bits per heavy atom. The van der Waals surface area contributed by atoms with Crippen LogP contribution in [0.3, 0.4) is 0 Å². The van der Waals surface area contributed by atoms with Gasteiger partial charge in [0.15, 0.2) is 0 Å². The molecule has 20 heavy (non-hydrogen) atoms. The van der Waals surface area contributed by atoms with Gasteiger partial charge in [-0.3, -0.25) is 0 Å². The van der Waals surface area contributed by atoms with Gasteiger partial charge in [-0.1, -0.05) is 0 Å². The smallest absolute Gasteiger partial charge is 0.390 e. The van der Waals surface area contributed by atoms with Crippen molar-refractivity contribution in [3.8, 4) is 6.07 Å². The van der Waals surface area contributed by atoms with Gasteiger partial charge in [-0.05, 0) is 38.0 Å². The van der Waals surface area contributed by atoms with Crippen LogP contribution in [0.4, 0.5) is 18.9 Å². The number of rotatable bonds is 1. The third-order valence-electron chi connectivity index (χ3n) is 3.63. The lowest BCUT2D eigenvalue weighted by Gasteiger charge is -2.37. The van der Waals surface area contributed by atoms with Gasteiger partial charge in [-0.25, -0.2) is 0 Å². The van der Waals surface area contributed by atoms with E-state index in [-0.39, 0.29) is 5.56 Å². The highest BCUT2D eigenvalue weighted by atomic mass is 19.4. The fraction of sp³-hybridized carbons (Fsp3) is 0.500. The lowest BCUT2D eigenvalue weighted by atomic mass is 9.93. The molecule has 1 aromatic carbocycles. The van der Waals surface area contributed by atoms with E-state index in [1.165, 1.54) is 6.07 Å². The summed E-state index contributed by atoms with van der Waals surface area (Å²) >= 11 is 0. The highest BCUT2D eigenvalue weighted by Gasteiger charge is 2.32. The minimum absolute atomic E-state index is 0.0152. The Labute approximate surface area is 115 Å². The molecule has 3 nitrogen and oxygen atoms in total. The Bertz CT molecular complexity index is 536. The lowest BCUT2D eigenvalue weighted by molar-refractivity contribution is -0.137. The van der Waals surface area contributed by atoms with Gasteiger partial charge in [0.05, 0.1) is 22.4 Å². The first-order valence-corrected chi connectivity index (χ1v) is 6.32. The van der Waals surface area contributed by atoms with Crippen LogP contribution in [0.15, 0.2) is 18.2 Å². The number of nitriles is 1. The minimum Gasteiger partial charge on any atom is -0.390 e. The molecule has 108 valence electrons. The fourth-order valence-corrected chi connectivity index (χ4v) is 2.31. The van der Waals surface area contributed by atoms with E-state index < -0.39 is 17.3 Å². The SMILES string of the molecule is CC1(O)CCN(c2ccc(C(F)(F)F)cc2C#N)CC1. The molecular formula is C14H15F3N2O. The molecule has 0 unspecified atom stereocenters. The first-order chi connectivity index (χ1) is 9.23. The van der Waals surface area contributed by atoms with E-state index >= 15 is 0 Å². The van der Waals surface area contributed by atoms with Gasteiger partial charge in [0, 0.05) is 13.1 Å². The minimum atomic E-state index is -4.45. The Morgan fingerprint density at radius 1 is 1.30 bits per heavy atom. The second kappa shape index (κ2) is 4.98. The van der Waals surface area contributed by atoms with E-state index in [1.54, 1.807) is 6.92 Å². The van der Waals surface area contributed by atoms with Crippen LogP contribution in [-0.4, -0.2) is 23.8 Å². The molecule has 0 radical (unpaired) electrons. The molecule has 1 fully saturated rings. The summed E-state index contributed by atoms with van der Waals surface area (Å²) in [5, 5.41) is 18.9. The maximum atomic E-state index is 12.6. The number of alkyl halides is 3. The summed E-state index contributed by atoms with van der Waals surface area (Å²) in [7, 11) is 0. The Kier molecular flexibility index (Phi) is 3.65. The van der Waals surface area contributed by atoms with Gasteiger partial charge in [0.1, 0.15) is 6.07 Å². The van der Waals surface area contributed by atoms with Crippen LogP contribution in [0.5, 0.6) is 0 Å². The number of anilines is 1. The molecule has 1 saturated heterocycles. The first-order valence-electron chi connectivity index (χ1n) is 6.32. The molecule has 0 spiro atoms. The van der Waals surface area contributed by atoms with Crippen molar-refractivity contribution in [2.45, 2.75) is 31.5 Å². The van der Waals surface area contributed by atoms with E-state index in [9.17, 15) is 18.3 Å². The maximum absolute atomic E-state index is 12.6. The number of hydrogen-bond donors (Lipinski definition) is 1. The van der Waals surface area contributed by atoms with Crippen molar-refractivity contribution >= 4 is 5.69 Å². The van der Waals surface area contributed by atoms with Crippen molar-refractivity contribution in [1.29, 1.82) is 5.26 Å². The van der Waals surface area contributed by atoms with Gasteiger partial charge in [-0.15, -0.1) is 0 Å². The van der Waals surface area contributed by atoms with Gasteiger partial charge >= 0.3 is 6.18 Å². The van der Waals surface area contributed by atoms with Crippen LogP contribution >= 0.6 is 0 Å². The molecule has 0 aliphatic carbocycles. The molecular weight excluding hydrogens is 269 g/mol. The van der Waals surface area contributed by atoms with Gasteiger partial charge in [0.2, 0.25) is 0 Å². The largest absolute Gasteiger partial charge is 0.416 e. The topological polar surface area (TPSA) is 47.3 Å². The maximum Gasteiger partial charge on any atom is 0.416 e. The number of aliphatic hydroxyl groups is 1. The predicted molar refractivity (Wildman–Crippen MR) is 68.2 cm³/mol. The molecule has 0 atom stereocenters. The van der Waals surface area contributed by atoms with Crippen LogP contribution in [-0.2, 0) is 6.18 Å². The zero-order valence-corrected chi connectivity index (χ0v) is 11.0. The second-order valence-electron chi connectivity index (χ2n) is 5.33. The third kappa shape index (κ3) is 3.05. The van der Waals surface area contributed by atoms with Crippen molar-refractivity contribution in [3.05, 3.63) is 29.3 Å². The molecule has 0 bridgehead atoms. The molecule has 1 N–H and O–H groups in total. The quantitative estimate of drug-likeness (QED) is 0.862. The molecule has 6 heteroatoms. The van der Waals surface area contributed by atoms with Crippen molar-refractivity contribution < 1.29 is 18.3 Å².